The lowest BCUT2D eigenvalue weighted by Crippen LogP contribution is -2.02. The first-order valence-corrected chi connectivity index (χ1v) is 6.82. The number of hydrogen-bond donors (Lipinski definition) is 2. The molecule has 2 N–H and O–H groups in total. The number of hydrogen-bond acceptors (Lipinski definition) is 5. The number of nitrogens with zero attached hydrogens (tertiary/aromatic N) is 3. The number of halogens is 2. The third kappa shape index (κ3) is 3.48. The molecule has 1 heterocycles. The highest BCUT2D eigenvalue weighted by Gasteiger charge is 2.04. The second-order valence-electron chi connectivity index (χ2n) is 4.41. The van der Waals surface area contributed by atoms with Crippen molar-refractivity contribution in [3.8, 4) is 0 Å². The Morgan fingerprint density at radius 2 is 1.86 bits per heavy atom. The van der Waals surface area contributed by atoms with Gasteiger partial charge >= 0.3 is 0 Å². The van der Waals surface area contributed by atoms with Crippen molar-refractivity contribution >= 4 is 34.7 Å². The summed E-state index contributed by atoms with van der Waals surface area (Å²) < 4.78 is 13.2. The maximum atomic E-state index is 13.2. The maximum Gasteiger partial charge on any atom is 0.249 e. The Kier molecular flexibility index (Phi) is 4.11. The summed E-state index contributed by atoms with van der Waals surface area (Å²) in [6.45, 7) is 0. The summed E-state index contributed by atoms with van der Waals surface area (Å²) in [6.07, 6.45) is 1.45. The zero-order valence-electron chi connectivity index (χ0n) is 11.3. The minimum Gasteiger partial charge on any atom is -0.339 e. The first kappa shape index (κ1) is 14.2. The molecule has 0 radical (unpaired) electrons. The highest BCUT2D eigenvalue weighted by Crippen LogP contribution is 2.23. The lowest BCUT2D eigenvalue weighted by Gasteiger charge is -2.08. The SMILES string of the molecule is Fc1cccc(Nc2cnnc(Nc3ccccc3Cl)n2)c1. The van der Waals surface area contributed by atoms with E-state index in [1.807, 2.05) is 12.1 Å². The topological polar surface area (TPSA) is 62.7 Å². The molecule has 0 spiro atoms. The molecule has 0 aliphatic heterocycles. The van der Waals surface area contributed by atoms with Crippen LogP contribution in [0, 0.1) is 5.82 Å². The van der Waals surface area contributed by atoms with E-state index in [-0.39, 0.29) is 11.8 Å². The van der Waals surface area contributed by atoms with Gasteiger partial charge in [0.15, 0.2) is 5.82 Å². The molecular weight excluding hydrogens is 305 g/mol. The van der Waals surface area contributed by atoms with Crippen LogP contribution in [0.15, 0.2) is 54.7 Å². The van der Waals surface area contributed by atoms with E-state index < -0.39 is 0 Å². The molecule has 5 nitrogen and oxygen atoms in total. The average molecular weight is 316 g/mol. The molecule has 0 unspecified atom stereocenters. The summed E-state index contributed by atoms with van der Waals surface area (Å²) in [5, 5.41) is 14.2. The van der Waals surface area contributed by atoms with Crippen molar-refractivity contribution in [1.29, 1.82) is 0 Å². The zero-order chi connectivity index (χ0) is 15.4. The second kappa shape index (κ2) is 6.36. The Labute approximate surface area is 131 Å². The van der Waals surface area contributed by atoms with Crippen LogP contribution in [-0.4, -0.2) is 15.2 Å². The van der Waals surface area contributed by atoms with Gasteiger partial charge in [0, 0.05) is 5.69 Å². The number of aromatic nitrogens is 3. The van der Waals surface area contributed by atoms with Crippen LogP contribution in [0.2, 0.25) is 5.02 Å². The van der Waals surface area contributed by atoms with Crippen molar-refractivity contribution < 1.29 is 4.39 Å². The minimum atomic E-state index is -0.332. The van der Waals surface area contributed by atoms with Crippen molar-refractivity contribution in [3.05, 3.63) is 65.6 Å². The summed E-state index contributed by atoms with van der Waals surface area (Å²) in [6, 6.07) is 13.3. The van der Waals surface area contributed by atoms with Gasteiger partial charge in [-0.15, -0.1) is 5.10 Å². The van der Waals surface area contributed by atoms with Crippen LogP contribution in [-0.2, 0) is 0 Å². The highest BCUT2D eigenvalue weighted by atomic mass is 35.5. The van der Waals surface area contributed by atoms with Gasteiger partial charge in [-0.2, -0.15) is 10.1 Å². The van der Waals surface area contributed by atoms with Crippen LogP contribution in [0.25, 0.3) is 0 Å². The van der Waals surface area contributed by atoms with Gasteiger partial charge in [-0.3, -0.25) is 0 Å². The Hall–Kier alpha value is -2.73. The van der Waals surface area contributed by atoms with Crippen molar-refractivity contribution in [3.63, 3.8) is 0 Å². The summed E-state index contributed by atoms with van der Waals surface area (Å²) >= 11 is 6.07. The van der Waals surface area contributed by atoms with Crippen molar-refractivity contribution in [2.24, 2.45) is 0 Å². The van der Waals surface area contributed by atoms with E-state index in [1.165, 1.54) is 18.3 Å². The van der Waals surface area contributed by atoms with E-state index in [9.17, 15) is 4.39 Å². The number of anilines is 4. The molecule has 22 heavy (non-hydrogen) atoms. The van der Waals surface area contributed by atoms with Crippen LogP contribution >= 0.6 is 11.6 Å². The molecule has 3 aromatic rings. The Morgan fingerprint density at radius 3 is 2.68 bits per heavy atom. The van der Waals surface area contributed by atoms with E-state index >= 15 is 0 Å². The normalized spacial score (nSPS) is 10.3. The van der Waals surface area contributed by atoms with Crippen LogP contribution in [0.5, 0.6) is 0 Å². The first-order chi connectivity index (χ1) is 10.7. The highest BCUT2D eigenvalue weighted by molar-refractivity contribution is 6.33. The summed E-state index contributed by atoms with van der Waals surface area (Å²) in [5.74, 6) is 0.395. The average Bonchev–Trinajstić information content (AvgIpc) is 2.50. The fourth-order valence-corrected chi connectivity index (χ4v) is 2.00. The summed E-state index contributed by atoms with van der Waals surface area (Å²) in [7, 11) is 0. The van der Waals surface area contributed by atoms with Gasteiger partial charge in [-0.05, 0) is 30.3 Å². The van der Waals surface area contributed by atoms with Crippen LogP contribution < -0.4 is 10.6 Å². The summed E-state index contributed by atoms with van der Waals surface area (Å²) in [5.41, 5.74) is 1.25. The van der Waals surface area contributed by atoms with Crippen LogP contribution in [0.3, 0.4) is 0 Å². The Morgan fingerprint density at radius 1 is 1.00 bits per heavy atom. The fourth-order valence-electron chi connectivity index (χ4n) is 1.81. The molecule has 3 rings (SSSR count). The van der Waals surface area contributed by atoms with Gasteiger partial charge in [0.25, 0.3) is 0 Å². The molecule has 0 fully saturated rings. The quantitative estimate of drug-likeness (QED) is 0.757. The van der Waals surface area contributed by atoms with E-state index in [0.717, 1.165) is 0 Å². The van der Waals surface area contributed by atoms with Gasteiger partial charge in [0.05, 0.1) is 16.9 Å². The lowest BCUT2D eigenvalue weighted by atomic mass is 10.3. The summed E-state index contributed by atoms with van der Waals surface area (Å²) in [4.78, 5) is 4.26. The van der Waals surface area contributed by atoms with Crippen LogP contribution in [0.4, 0.5) is 27.5 Å². The molecule has 2 aromatic carbocycles. The Balaban J connectivity index is 1.79. The van der Waals surface area contributed by atoms with E-state index in [0.29, 0.717) is 22.2 Å². The number of para-hydroxylation sites is 1. The van der Waals surface area contributed by atoms with Crippen molar-refractivity contribution in [2.45, 2.75) is 0 Å². The first-order valence-electron chi connectivity index (χ1n) is 6.44. The molecule has 1 aromatic heterocycles. The monoisotopic (exact) mass is 315 g/mol. The van der Waals surface area contributed by atoms with E-state index in [4.69, 9.17) is 11.6 Å². The third-order valence-electron chi connectivity index (χ3n) is 2.78. The zero-order valence-corrected chi connectivity index (χ0v) is 12.0. The minimum absolute atomic E-state index is 0.287. The van der Waals surface area contributed by atoms with E-state index in [1.54, 1.807) is 24.3 Å². The second-order valence-corrected chi connectivity index (χ2v) is 4.81. The van der Waals surface area contributed by atoms with Crippen LogP contribution in [0.1, 0.15) is 0 Å². The molecular formula is C15H11ClFN5. The molecule has 0 atom stereocenters. The predicted molar refractivity (Wildman–Crippen MR) is 84.2 cm³/mol. The molecule has 0 saturated carbocycles. The standard InChI is InChI=1S/C15H11ClFN5/c16-12-6-1-2-7-13(12)20-15-21-14(9-18-22-15)19-11-5-3-4-10(17)8-11/h1-9H,(H2,19,20,21,22). The number of nitrogens with one attached hydrogen (secondary N) is 2. The van der Waals surface area contributed by atoms with Crippen molar-refractivity contribution in [1.82, 2.24) is 15.2 Å². The van der Waals surface area contributed by atoms with Gasteiger partial charge < -0.3 is 10.6 Å². The predicted octanol–water partition coefficient (Wildman–Crippen LogP) is 4.15. The van der Waals surface area contributed by atoms with Crippen molar-refractivity contribution in [2.75, 3.05) is 10.6 Å². The number of rotatable bonds is 4. The number of benzene rings is 2. The van der Waals surface area contributed by atoms with Gasteiger partial charge in [-0.1, -0.05) is 29.8 Å². The largest absolute Gasteiger partial charge is 0.339 e. The molecule has 0 amide bonds. The molecule has 7 heteroatoms. The fraction of sp³-hybridized carbons (Fsp3) is 0. The van der Waals surface area contributed by atoms with Gasteiger partial charge in [-0.25, -0.2) is 4.39 Å². The smallest absolute Gasteiger partial charge is 0.249 e. The molecule has 110 valence electrons. The molecule has 0 saturated heterocycles. The molecule has 0 bridgehead atoms. The van der Waals surface area contributed by atoms with Gasteiger partial charge in [0.1, 0.15) is 5.82 Å². The Bertz CT molecular complexity index is 796. The molecule has 0 aliphatic carbocycles. The van der Waals surface area contributed by atoms with E-state index in [2.05, 4.69) is 25.8 Å². The molecule has 0 aliphatic rings. The third-order valence-corrected chi connectivity index (χ3v) is 3.11. The maximum absolute atomic E-state index is 13.2. The van der Waals surface area contributed by atoms with Gasteiger partial charge in [0.2, 0.25) is 5.95 Å². The lowest BCUT2D eigenvalue weighted by molar-refractivity contribution is 0.628.